The maximum Gasteiger partial charge on any atom is 0.255 e. The molecular formula is C16H21N7O. The Morgan fingerprint density at radius 1 is 1.21 bits per heavy atom. The SMILES string of the molecule is Cc1cc(C)n2c(CNC(=O)Cc3c(C)nn(C)c3C)nnc2n1. The van der Waals surface area contributed by atoms with Crippen LogP contribution in [0, 0.1) is 27.7 Å². The first-order chi connectivity index (χ1) is 11.4. The smallest absolute Gasteiger partial charge is 0.255 e. The van der Waals surface area contributed by atoms with Crippen LogP contribution in [0.4, 0.5) is 0 Å². The lowest BCUT2D eigenvalue weighted by molar-refractivity contribution is -0.120. The molecule has 1 amide bonds. The average molecular weight is 327 g/mol. The number of nitrogens with zero attached hydrogens (tertiary/aromatic N) is 6. The highest BCUT2D eigenvalue weighted by Gasteiger charge is 2.15. The van der Waals surface area contributed by atoms with Crippen LogP contribution in [0.5, 0.6) is 0 Å². The van der Waals surface area contributed by atoms with Gasteiger partial charge in [0.2, 0.25) is 5.91 Å². The van der Waals surface area contributed by atoms with Gasteiger partial charge in [0.1, 0.15) is 0 Å². The van der Waals surface area contributed by atoms with Crippen molar-refractivity contribution in [3.8, 4) is 0 Å². The van der Waals surface area contributed by atoms with E-state index < -0.39 is 0 Å². The standard InChI is InChI=1S/C16H21N7O/c1-9-6-10(2)23-14(19-20-16(23)18-9)8-17-15(24)7-13-11(3)21-22(5)12(13)4/h6H,7-8H2,1-5H3,(H,17,24). The molecule has 0 aliphatic carbocycles. The molecule has 0 unspecified atom stereocenters. The van der Waals surface area contributed by atoms with E-state index in [2.05, 4.69) is 25.6 Å². The van der Waals surface area contributed by atoms with Crippen LogP contribution in [-0.4, -0.2) is 35.3 Å². The first-order valence-electron chi connectivity index (χ1n) is 7.81. The number of carbonyl (C=O) groups excluding carboxylic acids is 1. The van der Waals surface area contributed by atoms with Crippen LogP contribution in [-0.2, 0) is 24.8 Å². The monoisotopic (exact) mass is 327 g/mol. The molecule has 0 fully saturated rings. The van der Waals surface area contributed by atoms with Gasteiger partial charge in [-0.2, -0.15) is 5.10 Å². The predicted octanol–water partition coefficient (Wildman–Crippen LogP) is 0.950. The zero-order chi connectivity index (χ0) is 17.4. The fourth-order valence-corrected chi connectivity index (χ4v) is 2.89. The molecule has 0 saturated carbocycles. The van der Waals surface area contributed by atoms with Gasteiger partial charge in [0.15, 0.2) is 5.82 Å². The van der Waals surface area contributed by atoms with Crippen LogP contribution in [0.1, 0.15) is 34.2 Å². The number of carbonyl (C=O) groups is 1. The highest BCUT2D eigenvalue weighted by Crippen LogP contribution is 2.13. The fraction of sp³-hybridized carbons (Fsp3) is 0.438. The minimum absolute atomic E-state index is 0.0660. The van der Waals surface area contributed by atoms with E-state index in [1.165, 1.54) is 0 Å². The summed E-state index contributed by atoms with van der Waals surface area (Å²) < 4.78 is 3.65. The van der Waals surface area contributed by atoms with Gasteiger partial charge in [-0.25, -0.2) is 4.98 Å². The molecule has 0 bridgehead atoms. The number of rotatable bonds is 4. The number of aryl methyl sites for hydroxylation is 4. The van der Waals surface area contributed by atoms with Gasteiger partial charge >= 0.3 is 0 Å². The van der Waals surface area contributed by atoms with Crippen molar-refractivity contribution in [3.63, 3.8) is 0 Å². The van der Waals surface area contributed by atoms with E-state index in [0.29, 0.717) is 24.6 Å². The molecule has 8 nitrogen and oxygen atoms in total. The largest absolute Gasteiger partial charge is 0.348 e. The Morgan fingerprint density at radius 2 is 1.96 bits per heavy atom. The van der Waals surface area contributed by atoms with Gasteiger partial charge in [0, 0.05) is 29.7 Å². The van der Waals surface area contributed by atoms with Crippen molar-refractivity contribution in [3.05, 3.63) is 40.2 Å². The van der Waals surface area contributed by atoms with Gasteiger partial charge in [-0.15, -0.1) is 10.2 Å². The van der Waals surface area contributed by atoms with E-state index in [1.807, 2.05) is 45.2 Å². The van der Waals surface area contributed by atoms with Crippen molar-refractivity contribution < 1.29 is 4.79 Å². The summed E-state index contributed by atoms with van der Waals surface area (Å²) in [4.78, 5) is 16.6. The average Bonchev–Trinajstić information content (AvgIpc) is 3.01. The summed E-state index contributed by atoms with van der Waals surface area (Å²) in [6, 6.07) is 1.96. The summed E-state index contributed by atoms with van der Waals surface area (Å²) in [5.41, 5.74) is 4.74. The molecule has 3 aromatic rings. The molecular weight excluding hydrogens is 306 g/mol. The van der Waals surface area contributed by atoms with Crippen LogP contribution < -0.4 is 5.32 Å². The van der Waals surface area contributed by atoms with Crippen molar-refractivity contribution in [2.45, 2.75) is 40.7 Å². The second kappa shape index (κ2) is 6.03. The Hall–Kier alpha value is -2.77. The van der Waals surface area contributed by atoms with Crippen LogP contribution in [0.15, 0.2) is 6.07 Å². The number of aromatic nitrogens is 6. The van der Waals surface area contributed by atoms with E-state index in [1.54, 1.807) is 4.68 Å². The number of hydrogen-bond acceptors (Lipinski definition) is 5. The first kappa shape index (κ1) is 16.1. The fourth-order valence-electron chi connectivity index (χ4n) is 2.89. The van der Waals surface area contributed by atoms with Crippen LogP contribution in [0.3, 0.4) is 0 Å². The second-order valence-electron chi connectivity index (χ2n) is 6.02. The molecule has 0 aliphatic rings. The molecule has 3 heterocycles. The van der Waals surface area contributed by atoms with Crippen molar-refractivity contribution in [1.29, 1.82) is 0 Å². The maximum atomic E-state index is 12.3. The number of fused-ring (bicyclic) bond motifs is 1. The van der Waals surface area contributed by atoms with Gasteiger partial charge in [-0.05, 0) is 33.8 Å². The molecule has 0 spiro atoms. The van der Waals surface area contributed by atoms with Gasteiger partial charge < -0.3 is 5.32 Å². The predicted molar refractivity (Wildman–Crippen MR) is 88.5 cm³/mol. The normalized spacial score (nSPS) is 11.2. The maximum absolute atomic E-state index is 12.3. The first-order valence-corrected chi connectivity index (χ1v) is 7.81. The van der Waals surface area contributed by atoms with Crippen LogP contribution in [0.2, 0.25) is 0 Å². The Balaban J connectivity index is 1.73. The number of hydrogen-bond donors (Lipinski definition) is 1. The lowest BCUT2D eigenvalue weighted by Crippen LogP contribution is -2.26. The second-order valence-corrected chi connectivity index (χ2v) is 6.02. The van der Waals surface area contributed by atoms with Gasteiger partial charge in [0.25, 0.3) is 5.78 Å². The number of amides is 1. The molecule has 3 aromatic heterocycles. The third-order valence-corrected chi connectivity index (χ3v) is 4.20. The summed E-state index contributed by atoms with van der Waals surface area (Å²) >= 11 is 0. The molecule has 3 rings (SSSR count). The molecule has 126 valence electrons. The summed E-state index contributed by atoms with van der Waals surface area (Å²) in [6.45, 7) is 8.08. The molecule has 8 heteroatoms. The van der Waals surface area contributed by atoms with E-state index >= 15 is 0 Å². The number of nitrogens with one attached hydrogen (secondary N) is 1. The molecule has 24 heavy (non-hydrogen) atoms. The summed E-state index contributed by atoms with van der Waals surface area (Å²) in [7, 11) is 1.88. The third-order valence-electron chi connectivity index (χ3n) is 4.20. The minimum Gasteiger partial charge on any atom is -0.348 e. The van der Waals surface area contributed by atoms with E-state index in [9.17, 15) is 4.79 Å². The van der Waals surface area contributed by atoms with Crippen molar-refractivity contribution in [2.24, 2.45) is 7.05 Å². The molecule has 0 saturated heterocycles. The Morgan fingerprint density at radius 3 is 2.62 bits per heavy atom. The molecule has 1 N–H and O–H groups in total. The molecule has 0 radical (unpaired) electrons. The van der Waals surface area contributed by atoms with Crippen molar-refractivity contribution >= 4 is 11.7 Å². The highest BCUT2D eigenvalue weighted by molar-refractivity contribution is 5.79. The Labute approximate surface area is 139 Å². The zero-order valence-corrected chi connectivity index (χ0v) is 14.6. The van der Waals surface area contributed by atoms with Gasteiger partial charge in [-0.3, -0.25) is 13.9 Å². The zero-order valence-electron chi connectivity index (χ0n) is 14.6. The lowest BCUT2D eigenvalue weighted by Gasteiger charge is -2.07. The summed E-state index contributed by atoms with van der Waals surface area (Å²) in [6.07, 6.45) is 0.304. The third kappa shape index (κ3) is 2.86. The highest BCUT2D eigenvalue weighted by atomic mass is 16.1. The van der Waals surface area contributed by atoms with Crippen LogP contribution >= 0.6 is 0 Å². The Kier molecular flexibility index (Phi) is 4.04. The van der Waals surface area contributed by atoms with Crippen molar-refractivity contribution in [1.82, 2.24) is 34.7 Å². The minimum atomic E-state index is -0.0660. The molecule has 0 atom stereocenters. The van der Waals surface area contributed by atoms with E-state index in [4.69, 9.17) is 0 Å². The molecule has 0 aromatic carbocycles. The summed E-state index contributed by atoms with van der Waals surface area (Å²) in [5, 5.41) is 15.4. The lowest BCUT2D eigenvalue weighted by atomic mass is 10.1. The molecule has 0 aliphatic heterocycles. The van der Waals surface area contributed by atoms with Gasteiger partial charge in [0.05, 0.1) is 18.7 Å². The van der Waals surface area contributed by atoms with E-state index in [-0.39, 0.29) is 5.91 Å². The quantitative estimate of drug-likeness (QED) is 0.770. The van der Waals surface area contributed by atoms with Crippen LogP contribution in [0.25, 0.3) is 5.78 Å². The van der Waals surface area contributed by atoms with Gasteiger partial charge in [-0.1, -0.05) is 0 Å². The topological polar surface area (TPSA) is 90.0 Å². The Bertz CT molecular complexity index is 922. The van der Waals surface area contributed by atoms with Crippen molar-refractivity contribution in [2.75, 3.05) is 0 Å². The van der Waals surface area contributed by atoms with E-state index in [0.717, 1.165) is 28.3 Å². The summed E-state index contributed by atoms with van der Waals surface area (Å²) in [5.74, 6) is 1.15.